The van der Waals surface area contributed by atoms with Crippen LogP contribution in [0.15, 0.2) is 36.4 Å². The number of methoxy groups -OCH3 is 1. The molecule has 0 bridgehead atoms. The van der Waals surface area contributed by atoms with Gasteiger partial charge in [0.25, 0.3) is 0 Å². The Morgan fingerprint density at radius 3 is 2.33 bits per heavy atom. The van der Waals surface area contributed by atoms with Crippen molar-refractivity contribution in [2.75, 3.05) is 34.4 Å². The highest BCUT2D eigenvalue weighted by atomic mass is 32.2. The van der Waals surface area contributed by atoms with Gasteiger partial charge in [0, 0.05) is 13.5 Å². The van der Waals surface area contributed by atoms with E-state index < -0.39 is 16.1 Å². The first-order valence-corrected chi connectivity index (χ1v) is 11.0. The average molecular weight is 433 g/mol. The fourth-order valence-electron chi connectivity index (χ4n) is 3.63. The molecule has 2 amide bonds. The number of carbonyl (C=O) groups excluding carboxylic acids is 1. The summed E-state index contributed by atoms with van der Waals surface area (Å²) in [4.78, 5) is 26.7. The van der Waals surface area contributed by atoms with Crippen molar-refractivity contribution >= 4 is 39.1 Å². The molecule has 0 unspecified atom stereocenters. The number of nitrogens with zero attached hydrogens (tertiary/aromatic N) is 2. The van der Waals surface area contributed by atoms with E-state index in [2.05, 4.69) is 4.72 Å². The Labute approximate surface area is 174 Å². The third-order valence-corrected chi connectivity index (χ3v) is 5.40. The van der Waals surface area contributed by atoms with Crippen LogP contribution in [0.1, 0.15) is 13.8 Å². The highest BCUT2D eigenvalue weighted by Gasteiger charge is 2.33. The number of hydrogen-bond acceptors (Lipinski definition) is 5. The monoisotopic (exact) mass is 433 g/mol. The number of carboxylic acid groups (broad SMARTS) is 1. The summed E-state index contributed by atoms with van der Waals surface area (Å²) in [7, 11) is -2.09. The van der Waals surface area contributed by atoms with Crippen molar-refractivity contribution in [3.63, 3.8) is 0 Å². The third kappa shape index (κ3) is 4.18. The standard InChI is InChI=1S/C20H23N3O6S/c1-12-11-22(20(25)26)18-10-15(5-7-17(18)23(12)13(2)24)14-6-8-19(29-3)16(9-14)21-30(4,27)28/h5-10,12,21H,11H2,1-4H3,(H,25,26)/t12-/m0/s1. The van der Waals surface area contributed by atoms with Crippen LogP contribution >= 0.6 is 0 Å². The second-order valence-electron chi connectivity index (χ2n) is 7.12. The lowest BCUT2D eigenvalue weighted by molar-refractivity contribution is -0.117. The second-order valence-corrected chi connectivity index (χ2v) is 8.87. The SMILES string of the molecule is COc1ccc(-c2ccc3c(c2)N(C(=O)O)C[C@H](C)N3C(C)=O)cc1NS(C)(=O)=O. The summed E-state index contributed by atoms with van der Waals surface area (Å²) in [6, 6.07) is 9.82. The number of anilines is 3. The number of sulfonamides is 1. The van der Waals surface area contributed by atoms with E-state index in [9.17, 15) is 23.1 Å². The van der Waals surface area contributed by atoms with Crippen molar-refractivity contribution in [2.24, 2.45) is 0 Å². The van der Waals surface area contributed by atoms with Crippen molar-refractivity contribution in [2.45, 2.75) is 19.9 Å². The van der Waals surface area contributed by atoms with Crippen LogP contribution < -0.4 is 19.3 Å². The Hall–Kier alpha value is -3.27. The van der Waals surface area contributed by atoms with E-state index in [-0.39, 0.29) is 24.2 Å². The van der Waals surface area contributed by atoms with Crippen LogP contribution in [-0.2, 0) is 14.8 Å². The summed E-state index contributed by atoms with van der Waals surface area (Å²) in [6.45, 7) is 3.38. The van der Waals surface area contributed by atoms with E-state index >= 15 is 0 Å². The van der Waals surface area contributed by atoms with Crippen molar-refractivity contribution in [3.05, 3.63) is 36.4 Å². The van der Waals surface area contributed by atoms with Crippen LogP contribution in [0.25, 0.3) is 11.1 Å². The molecule has 0 radical (unpaired) electrons. The summed E-state index contributed by atoms with van der Waals surface area (Å²) in [5.74, 6) is 0.177. The third-order valence-electron chi connectivity index (χ3n) is 4.81. The van der Waals surface area contributed by atoms with Crippen molar-refractivity contribution in [1.29, 1.82) is 0 Å². The predicted molar refractivity (Wildman–Crippen MR) is 115 cm³/mol. The maximum absolute atomic E-state index is 12.1. The zero-order valence-electron chi connectivity index (χ0n) is 17.0. The largest absolute Gasteiger partial charge is 0.495 e. The second kappa shape index (κ2) is 7.86. The molecule has 160 valence electrons. The lowest BCUT2D eigenvalue weighted by atomic mass is 10.00. The Balaban J connectivity index is 2.13. The summed E-state index contributed by atoms with van der Waals surface area (Å²) >= 11 is 0. The van der Waals surface area contributed by atoms with Gasteiger partial charge in [-0.25, -0.2) is 13.2 Å². The van der Waals surface area contributed by atoms with Crippen molar-refractivity contribution < 1.29 is 27.9 Å². The van der Waals surface area contributed by atoms with Gasteiger partial charge < -0.3 is 14.7 Å². The molecule has 30 heavy (non-hydrogen) atoms. The van der Waals surface area contributed by atoms with Crippen LogP contribution in [0, 0.1) is 0 Å². The van der Waals surface area contributed by atoms with Crippen LogP contribution in [-0.4, -0.2) is 51.5 Å². The normalized spacial score (nSPS) is 16.1. The fraction of sp³-hybridized carbons (Fsp3) is 0.300. The molecule has 1 aliphatic heterocycles. The number of carbonyl (C=O) groups is 2. The highest BCUT2D eigenvalue weighted by molar-refractivity contribution is 7.92. The number of nitrogens with one attached hydrogen (secondary N) is 1. The minimum atomic E-state index is -3.53. The van der Waals surface area contributed by atoms with Gasteiger partial charge in [-0.05, 0) is 42.3 Å². The molecule has 2 aromatic rings. The molecule has 2 N–H and O–H groups in total. The molecule has 0 aliphatic carbocycles. The number of fused-ring (bicyclic) bond motifs is 1. The molecule has 0 saturated carbocycles. The molecular formula is C20H23N3O6S. The molecule has 3 rings (SSSR count). The van der Waals surface area contributed by atoms with Crippen LogP contribution in [0.2, 0.25) is 0 Å². The summed E-state index contributed by atoms with van der Waals surface area (Å²) in [6.07, 6.45) is -0.0714. The Morgan fingerprint density at radius 1 is 1.13 bits per heavy atom. The van der Waals surface area contributed by atoms with Gasteiger partial charge in [-0.1, -0.05) is 12.1 Å². The predicted octanol–water partition coefficient (Wildman–Crippen LogP) is 2.97. The van der Waals surface area contributed by atoms with Gasteiger partial charge in [-0.2, -0.15) is 0 Å². The molecule has 0 saturated heterocycles. The van der Waals surface area contributed by atoms with E-state index in [1.54, 1.807) is 48.2 Å². The number of rotatable bonds is 4. The van der Waals surface area contributed by atoms with Gasteiger partial charge in [0.2, 0.25) is 15.9 Å². The lowest BCUT2D eigenvalue weighted by Crippen LogP contribution is -2.51. The summed E-state index contributed by atoms with van der Waals surface area (Å²) in [5, 5.41) is 9.66. The molecule has 1 atom stereocenters. The number of amides is 2. The van der Waals surface area contributed by atoms with Gasteiger partial charge >= 0.3 is 6.09 Å². The minimum Gasteiger partial charge on any atom is -0.495 e. The van der Waals surface area contributed by atoms with Crippen LogP contribution in [0.3, 0.4) is 0 Å². The van der Waals surface area contributed by atoms with Gasteiger partial charge in [-0.3, -0.25) is 14.4 Å². The van der Waals surface area contributed by atoms with E-state index in [0.717, 1.165) is 6.26 Å². The zero-order chi connectivity index (χ0) is 22.2. The topological polar surface area (TPSA) is 116 Å². The first-order valence-electron chi connectivity index (χ1n) is 9.12. The summed E-state index contributed by atoms with van der Waals surface area (Å²) < 4.78 is 31.0. The van der Waals surface area contributed by atoms with E-state index in [4.69, 9.17) is 4.74 Å². The van der Waals surface area contributed by atoms with Gasteiger partial charge in [0.05, 0.1) is 36.5 Å². The molecule has 2 aromatic carbocycles. The zero-order valence-corrected chi connectivity index (χ0v) is 17.9. The van der Waals surface area contributed by atoms with E-state index in [1.165, 1.54) is 18.9 Å². The molecular weight excluding hydrogens is 410 g/mol. The Morgan fingerprint density at radius 2 is 1.77 bits per heavy atom. The first kappa shape index (κ1) is 21.4. The van der Waals surface area contributed by atoms with Gasteiger partial charge in [0.1, 0.15) is 5.75 Å². The molecule has 0 fully saturated rings. The molecule has 9 nitrogen and oxygen atoms in total. The number of benzene rings is 2. The average Bonchev–Trinajstić information content (AvgIpc) is 2.65. The highest BCUT2D eigenvalue weighted by Crippen LogP contribution is 2.40. The fourth-order valence-corrected chi connectivity index (χ4v) is 4.19. The Kier molecular flexibility index (Phi) is 5.62. The van der Waals surface area contributed by atoms with E-state index in [0.29, 0.717) is 28.3 Å². The van der Waals surface area contributed by atoms with Gasteiger partial charge in [0.15, 0.2) is 0 Å². The smallest absolute Gasteiger partial charge is 0.411 e. The molecule has 0 spiro atoms. The summed E-state index contributed by atoms with van der Waals surface area (Å²) in [5.41, 5.74) is 2.49. The maximum Gasteiger partial charge on any atom is 0.411 e. The van der Waals surface area contributed by atoms with Crippen molar-refractivity contribution in [1.82, 2.24) is 0 Å². The minimum absolute atomic E-state index is 0.148. The first-order chi connectivity index (χ1) is 14.0. The molecule has 0 aromatic heterocycles. The van der Waals surface area contributed by atoms with E-state index in [1.807, 2.05) is 0 Å². The molecule has 1 aliphatic rings. The number of ether oxygens (including phenoxy) is 1. The molecule has 10 heteroatoms. The Bertz CT molecular complexity index is 1120. The van der Waals surface area contributed by atoms with Crippen LogP contribution in [0.5, 0.6) is 5.75 Å². The number of hydrogen-bond donors (Lipinski definition) is 2. The van der Waals surface area contributed by atoms with Crippen LogP contribution in [0.4, 0.5) is 21.9 Å². The van der Waals surface area contributed by atoms with Crippen molar-refractivity contribution in [3.8, 4) is 16.9 Å². The maximum atomic E-state index is 12.1. The quantitative estimate of drug-likeness (QED) is 0.766. The molecule has 1 heterocycles. The van der Waals surface area contributed by atoms with Gasteiger partial charge in [-0.15, -0.1) is 0 Å². The lowest BCUT2D eigenvalue weighted by Gasteiger charge is -2.39.